The second kappa shape index (κ2) is 5.18. The minimum atomic E-state index is -4.61. The van der Waals surface area contributed by atoms with Gasteiger partial charge in [-0.2, -0.15) is 26.3 Å². The van der Waals surface area contributed by atoms with Crippen LogP contribution in [-0.2, 0) is 4.79 Å². The van der Waals surface area contributed by atoms with Crippen molar-refractivity contribution in [2.24, 2.45) is 5.92 Å². The Labute approximate surface area is 105 Å². The molecule has 1 aliphatic carbocycles. The van der Waals surface area contributed by atoms with Gasteiger partial charge >= 0.3 is 18.3 Å². The number of rotatable bonds is 3. The Morgan fingerprint density at radius 1 is 1.16 bits per heavy atom. The van der Waals surface area contributed by atoms with Gasteiger partial charge in [-0.25, -0.2) is 0 Å². The van der Waals surface area contributed by atoms with Crippen LogP contribution in [0, 0.1) is 5.92 Å². The van der Waals surface area contributed by atoms with Crippen molar-refractivity contribution >= 4 is 5.97 Å². The highest BCUT2D eigenvalue weighted by molar-refractivity contribution is 5.79. The van der Waals surface area contributed by atoms with E-state index in [1.165, 1.54) is 0 Å². The predicted octanol–water partition coefficient (Wildman–Crippen LogP) is 2.71. The fraction of sp³-hybridized carbons (Fsp3) is 0.900. The maximum atomic E-state index is 12.4. The number of aliphatic carboxylic acids is 1. The fourth-order valence-corrected chi connectivity index (χ4v) is 2.17. The summed E-state index contributed by atoms with van der Waals surface area (Å²) in [7, 11) is 0. The predicted molar refractivity (Wildman–Crippen MR) is 52.4 cm³/mol. The van der Waals surface area contributed by atoms with E-state index < -0.39 is 62.0 Å². The Kier molecular flexibility index (Phi) is 4.38. The number of hydrogen-bond donors (Lipinski definition) is 2. The van der Waals surface area contributed by atoms with Crippen LogP contribution in [-0.4, -0.2) is 35.5 Å². The molecule has 0 spiro atoms. The van der Waals surface area contributed by atoms with Crippen molar-refractivity contribution < 1.29 is 36.2 Å². The van der Waals surface area contributed by atoms with Crippen LogP contribution >= 0.6 is 0 Å². The molecule has 0 aromatic rings. The van der Waals surface area contributed by atoms with Crippen LogP contribution < -0.4 is 5.32 Å². The average molecular weight is 293 g/mol. The number of halogens is 6. The van der Waals surface area contributed by atoms with Gasteiger partial charge in [-0.3, -0.25) is 10.1 Å². The molecule has 1 saturated carbocycles. The molecule has 0 saturated heterocycles. The summed E-state index contributed by atoms with van der Waals surface area (Å²) in [5, 5.41) is 10.8. The molecule has 1 aliphatic rings. The first-order valence-electron chi connectivity index (χ1n) is 5.58. The number of carboxylic acids is 1. The summed E-state index contributed by atoms with van der Waals surface area (Å²) in [6.07, 6.45) is -11.0. The monoisotopic (exact) mass is 293 g/mol. The van der Waals surface area contributed by atoms with E-state index in [1.54, 1.807) is 0 Å². The van der Waals surface area contributed by atoms with Gasteiger partial charge in [0.25, 0.3) is 0 Å². The van der Waals surface area contributed by atoms with Crippen molar-refractivity contribution in [1.29, 1.82) is 0 Å². The zero-order valence-electron chi connectivity index (χ0n) is 9.74. The van der Waals surface area contributed by atoms with Crippen LogP contribution in [0.3, 0.4) is 0 Å². The third kappa shape index (κ3) is 4.26. The minimum absolute atomic E-state index is 0.470. The fourth-order valence-electron chi connectivity index (χ4n) is 2.17. The summed E-state index contributed by atoms with van der Waals surface area (Å²) in [5.74, 6) is -3.19. The maximum absolute atomic E-state index is 12.4. The average Bonchev–Trinajstić information content (AvgIpc) is 2.24. The van der Waals surface area contributed by atoms with Crippen molar-refractivity contribution in [3.8, 4) is 0 Å². The minimum Gasteiger partial charge on any atom is -0.480 e. The van der Waals surface area contributed by atoms with Crippen LogP contribution in [0.5, 0.6) is 0 Å². The molecule has 9 heteroatoms. The molecule has 0 heterocycles. The molecular weight excluding hydrogens is 280 g/mol. The van der Waals surface area contributed by atoms with Crippen LogP contribution in [0.25, 0.3) is 0 Å². The van der Waals surface area contributed by atoms with Gasteiger partial charge in [0.2, 0.25) is 0 Å². The van der Waals surface area contributed by atoms with Crippen molar-refractivity contribution in [3.63, 3.8) is 0 Å². The highest BCUT2D eigenvalue weighted by atomic mass is 19.4. The molecule has 1 rings (SSSR count). The highest BCUT2D eigenvalue weighted by Crippen LogP contribution is 2.41. The molecule has 0 aliphatic heterocycles. The molecule has 0 radical (unpaired) electrons. The Hall–Kier alpha value is -0.990. The van der Waals surface area contributed by atoms with Gasteiger partial charge < -0.3 is 5.11 Å². The Morgan fingerprint density at radius 2 is 1.63 bits per heavy atom. The number of alkyl halides is 6. The van der Waals surface area contributed by atoms with Crippen LogP contribution in [0.15, 0.2) is 0 Å². The van der Waals surface area contributed by atoms with E-state index in [9.17, 15) is 31.1 Å². The van der Waals surface area contributed by atoms with Gasteiger partial charge in [0.15, 0.2) is 0 Å². The first-order chi connectivity index (χ1) is 8.46. The maximum Gasteiger partial charge on any atom is 0.401 e. The van der Waals surface area contributed by atoms with Gasteiger partial charge in [-0.1, -0.05) is 0 Å². The summed E-state index contributed by atoms with van der Waals surface area (Å²) >= 11 is 0. The van der Waals surface area contributed by atoms with Crippen LogP contribution in [0.4, 0.5) is 26.3 Å². The topological polar surface area (TPSA) is 49.3 Å². The smallest absolute Gasteiger partial charge is 0.401 e. The van der Waals surface area contributed by atoms with Gasteiger partial charge in [0.1, 0.15) is 5.54 Å². The quantitative estimate of drug-likeness (QED) is 0.787. The molecule has 0 amide bonds. The Bertz CT molecular complexity index is 330. The van der Waals surface area contributed by atoms with Crippen molar-refractivity contribution in [3.05, 3.63) is 0 Å². The second-order valence-corrected chi connectivity index (χ2v) is 4.67. The standard InChI is InChI=1S/C10H13F6NO2/c11-9(12,13)5-17-8(7(18)19)3-1-6(2-4-8)10(14,15)16/h6,17H,1-5H2,(H,18,19). The highest BCUT2D eigenvalue weighted by Gasteiger charge is 2.49. The SMILES string of the molecule is O=C(O)C1(NCC(F)(F)F)CCC(C(F)(F)F)CC1. The molecule has 0 atom stereocenters. The lowest BCUT2D eigenvalue weighted by Crippen LogP contribution is -2.57. The van der Waals surface area contributed by atoms with Crippen LogP contribution in [0.2, 0.25) is 0 Å². The normalized spacial score (nSPS) is 29.3. The van der Waals surface area contributed by atoms with Gasteiger partial charge in [0, 0.05) is 0 Å². The molecule has 0 bridgehead atoms. The number of hydrogen-bond acceptors (Lipinski definition) is 2. The van der Waals surface area contributed by atoms with Crippen LogP contribution in [0.1, 0.15) is 25.7 Å². The zero-order chi connectivity index (χ0) is 14.9. The summed E-state index contributed by atoms with van der Waals surface area (Å²) in [6.45, 7) is -1.53. The van der Waals surface area contributed by atoms with E-state index in [1.807, 2.05) is 5.32 Å². The van der Waals surface area contributed by atoms with E-state index in [-0.39, 0.29) is 0 Å². The molecule has 0 aromatic carbocycles. The lowest BCUT2D eigenvalue weighted by Gasteiger charge is -2.38. The number of carboxylic acid groups (broad SMARTS) is 1. The lowest BCUT2D eigenvalue weighted by molar-refractivity contribution is -0.190. The van der Waals surface area contributed by atoms with E-state index in [0.717, 1.165) is 0 Å². The number of carbonyl (C=O) groups is 1. The van der Waals surface area contributed by atoms with E-state index in [0.29, 0.717) is 0 Å². The summed E-state index contributed by atoms with van der Waals surface area (Å²) in [6, 6.07) is 0. The molecule has 112 valence electrons. The van der Waals surface area contributed by atoms with Crippen molar-refractivity contribution in [2.45, 2.75) is 43.6 Å². The molecular formula is C10H13F6NO2. The summed E-state index contributed by atoms with van der Waals surface area (Å²) in [5.41, 5.74) is -1.92. The summed E-state index contributed by atoms with van der Waals surface area (Å²) in [4.78, 5) is 11.0. The zero-order valence-corrected chi connectivity index (χ0v) is 9.74. The van der Waals surface area contributed by atoms with E-state index in [4.69, 9.17) is 5.11 Å². The number of nitrogens with one attached hydrogen (secondary N) is 1. The largest absolute Gasteiger partial charge is 0.480 e. The van der Waals surface area contributed by atoms with Gasteiger partial charge in [-0.15, -0.1) is 0 Å². The van der Waals surface area contributed by atoms with Gasteiger partial charge in [-0.05, 0) is 25.7 Å². The molecule has 3 nitrogen and oxygen atoms in total. The van der Waals surface area contributed by atoms with E-state index in [2.05, 4.69) is 0 Å². The Morgan fingerprint density at radius 3 is 1.95 bits per heavy atom. The van der Waals surface area contributed by atoms with Gasteiger partial charge in [0.05, 0.1) is 12.5 Å². The molecule has 1 fully saturated rings. The van der Waals surface area contributed by atoms with E-state index >= 15 is 0 Å². The molecule has 0 aromatic heterocycles. The second-order valence-electron chi connectivity index (χ2n) is 4.67. The molecule has 0 unspecified atom stereocenters. The first kappa shape index (κ1) is 16.1. The van der Waals surface area contributed by atoms with Crippen molar-refractivity contribution in [2.75, 3.05) is 6.54 Å². The first-order valence-corrected chi connectivity index (χ1v) is 5.58. The third-order valence-electron chi connectivity index (χ3n) is 3.34. The summed E-state index contributed by atoms with van der Waals surface area (Å²) < 4.78 is 73.5. The van der Waals surface area contributed by atoms with Crippen molar-refractivity contribution in [1.82, 2.24) is 5.32 Å². The third-order valence-corrected chi connectivity index (χ3v) is 3.34. The Balaban J connectivity index is 2.70. The lowest BCUT2D eigenvalue weighted by atomic mass is 9.76. The molecule has 19 heavy (non-hydrogen) atoms. The molecule has 2 N–H and O–H groups in total.